The third-order valence-electron chi connectivity index (χ3n) is 4.68. The molecular weight excluding hydrogens is 424 g/mol. The van der Waals surface area contributed by atoms with E-state index in [9.17, 15) is 0 Å². The molecule has 32 heavy (non-hydrogen) atoms. The summed E-state index contributed by atoms with van der Waals surface area (Å²) in [5, 5.41) is 8.41. The summed E-state index contributed by atoms with van der Waals surface area (Å²) < 4.78 is 12.7. The lowest BCUT2D eigenvalue weighted by molar-refractivity contribution is 0.240. The number of rotatable bonds is 5. The van der Waals surface area contributed by atoms with Crippen molar-refractivity contribution >= 4 is 38.7 Å². The van der Waals surface area contributed by atoms with Crippen molar-refractivity contribution in [2.75, 3.05) is 19.0 Å². The number of aromatic nitrogens is 5. The van der Waals surface area contributed by atoms with Crippen LogP contribution in [0.1, 0.15) is 10.4 Å². The van der Waals surface area contributed by atoms with Crippen LogP contribution >= 0.6 is 11.3 Å². The van der Waals surface area contributed by atoms with Gasteiger partial charge < -0.3 is 14.8 Å². The third-order valence-corrected chi connectivity index (χ3v) is 5.63. The van der Waals surface area contributed by atoms with Gasteiger partial charge in [-0.25, -0.2) is 19.5 Å². The minimum Gasteiger partial charge on any atom is -0.457 e. The van der Waals surface area contributed by atoms with Crippen molar-refractivity contribution in [1.29, 1.82) is 0 Å². The minimum atomic E-state index is 0.394. The number of methoxy groups -OCH3 is 1. The molecule has 8 nitrogen and oxygen atoms in total. The largest absolute Gasteiger partial charge is 0.457 e. The average molecular weight is 443 g/mol. The van der Waals surface area contributed by atoms with Crippen LogP contribution in [0.5, 0.6) is 11.5 Å². The summed E-state index contributed by atoms with van der Waals surface area (Å²) in [6.45, 7) is 2.39. The van der Waals surface area contributed by atoms with E-state index in [0.29, 0.717) is 12.4 Å². The number of fused-ring (bicyclic) bond motifs is 2. The van der Waals surface area contributed by atoms with Crippen LogP contribution in [0.2, 0.25) is 0 Å². The SMILES string of the molecule is COCC#Cc1cc2c(Nc3ccc(Oc4ccn5ncnc5c4)c(C)c3)ncnc2s1. The van der Waals surface area contributed by atoms with Gasteiger partial charge in [-0.05, 0) is 42.8 Å². The molecule has 4 heterocycles. The second-order valence-electron chi connectivity index (χ2n) is 6.92. The van der Waals surface area contributed by atoms with Crippen LogP contribution in [-0.4, -0.2) is 38.3 Å². The summed E-state index contributed by atoms with van der Waals surface area (Å²) in [5.74, 6) is 8.26. The molecule has 0 aliphatic heterocycles. The predicted molar refractivity (Wildman–Crippen MR) is 124 cm³/mol. The molecule has 0 amide bonds. The predicted octanol–water partition coefficient (Wildman–Crippen LogP) is 4.58. The van der Waals surface area contributed by atoms with Crippen LogP contribution in [0, 0.1) is 18.8 Å². The van der Waals surface area contributed by atoms with Gasteiger partial charge in [-0.1, -0.05) is 11.8 Å². The van der Waals surface area contributed by atoms with Gasteiger partial charge in [-0.2, -0.15) is 5.10 Å². The molecule has 0 radical (unpaired) electrons. The highest BCUT2D eigenvalue weighted by atomic mass is 32.1. The highest BCUT2D eigenvalue weighted by Crippen LogP contribution is 2.32. The molecule has 0 bridgehead atoms. The van der Waals surface area contributed by atoms with Crippen LogP contribution in [0.3, 0.4) is 0 Å². The molecule has 0 saturated carbocycles. The molecule has 9 heteroatoms. The normalized spacial score (nSPS) is 10.8. The van der Waals surface area contributed by atoms with Crippen molar-refractivity contribution < 1.29 is 9.47 Å². The number of benzene rings is 1. The molecule has 0 unspecified atom stereocenters. The lowest BCUT2D eigenvalue weighted by atomic mass is 10.2. The molecule has 1 N–H and O–H groups in total. The van der Waals surface area contributed by atoms with Gasteiger partial charge in [0.25, 0.3) is 0 Å². The molecule has 4 aromatic heterocycles. The molecular formula is C23H18N6O2S. The maximum atomic E-state index is 6.05. The van der Waals surface area contributed by atoms with E-state index in [1.165, 1.54) is 17.7 Å². The fraction of sp³-hybridized carbons (Fsp3) is 0.130. The summed E-state index contributed by atoms with van der Waals surface area (Å²) >= 11 is 1.53. The Bertz CT molecular complexity index is 1480. The van der Waals surface area contributed by atoms with Crippen molar-refractivity contribution in [3.8, 4) is 23.3 Å². The van der Waals surface area contributed by atoms with Gasteiger partial charge in [0.15, 0.2) is 5.65 Å². The molecule has 0 aliphatic carbocycles. The Kier molecular flexibility index (Phi) is 5.37. The number of hydrogen-bond acceptors (Lipinski definition) is 8. The number of hydrogen-bond donors (Lipinski definition) is 1. The molecule has 0 spiro atoms. The molecule has 5 aromatic rings. The third kappa shape index (κ3) is 4.09. The Morgan fingerprint density at radius 1 is 1.09 bits per heavy atom. The van der Waals surface area contributed by atoms with E-state index in [1.807, 2.05) is 49.5 Å². The highest BCUT2D eigenvalue weighted by Gasteiger charge is 2.10. The fourth-order valence-electron chi connectivity index (χ4n) is 3.18. The molecule has 0 fully saturated rings. The molecule has 0 aliphatic rings. The number of ether oxygens (including phenoxy) is 2. The van der Waals surface area contributed by atoms with Crippen molar-refractivity contribution in [2.24, 2.45) is 0 Å². The zero-order chi connectivity index (χ0) is 21.9. The van der Waals surface area contributed by atoms with E-state index in [2.05, 4.69) is 37.2 Å². The number of anilines is 2. The van der Waals surface area contributed by atoms with Crippen molar-refractivity contribution in [3.05, 3.63) is 65.7 Å². The maximum absolute atomic E-state index is 6.05. The molecule has 158 valence electrons. The quantitative estimate of drug-likeness (QED) is 0.399. The summed E-state index contributed by atoms with van der Waals surface area (Å²) in [7, 11) is 1.63. The minimum absolute atomic E-state index is 0.394. The van der Waals surface area contributed by atoms with Crippen LogP contribution in [-0.2, 0) is 4.74 Å². The Morgan fingerprint density at radius 2 is 2.03 bits per heavy atom. The number of nitrogens with zero attached hydrogens (tertiary/aromatic N) is 5. The van der Waals surface area contributed by atoms with E-state index in [4.69, 9.17) is 9.47 Å². The second kappa shape index (κ2) is 8.63. The van der Waals surface area contributed by atoms with Crippen LogP contribution < -0.4 is 10.1 Å². The smallest absolute Gasteiger partial charge is 0.158 e. The first-order valence-electron chi connectivity index (χ1n) is 9.77. The zero-order valence-corrected chi connectivity index (χ0v) is 18.2. The fourth-order valence-corrected chi connectivity index (χ4v) is 4.05. The van der Waals surface area contributed by atoms with Gasteiger partial charge >= 0.3 is 0 Å². The molecule has 0 saturated heterocycles. The first kappa shape index (κ1) is 19.9. The summed E-state index contributed by atoms with van der Waals surface area (Å²) in [6.07, 6.45) is 4.88. The number of thiophene rings is 1. The second-order valence-corrected chi connectivity index (χ2v) is 7.95. The zero-order valence-electron chi connectivity index (χ0n) is 17.4. The van der Waals surface area contributed by atoms with Crippen molar-refractivity contribution in [3.63, 3.8) is 0 Å². The van der Waals surface area contributed by atoms with Gasteiger partial charge in [-0.3, -0.25) is 0 Å². The van der Waals surface area contributed by atoms with Gasteiger partial charge in [-0.15, -0.1) is 11.3 Å². The van der Waals surface area contributed by atoms with Crippen molar-refractivity contribution in [2.45, 2.75) is 6.92 Å². The van der Waals surface area contributed by atoms with E-state index < -0.39 is 0 Å². The number of aryl methyl sites for hydroxylation is 1. The number of pyridine rings is 1. The van der Waals surface area contributed by atoms with Crippen molar-refractivity contribution in [1.82, 2.24) is 24.6 Å². The van der Waals surface area contributed by atoms with E-state index in [0.717, 1.165) is 43.6 Å². The van der Waals surface area contributed by atoms with E-state index in [1.54, 1.807) is 18.0 Å². The van der Waals surface area contributed by atoms with E-state index in [-0.39, 0.29) is 0 Å². The van der Waals surface area contributed by atoms with Crippen LogP contribution in [0.15, 0.2) is 55.2 Å². The molecule has 5 rings (SSSR count). The average Bonchev–Trinajstić information content (AvgIpc) is 3.42. The summed E-state index contributed by atoms with van der Waals surface area (Å²) in [5.41, 5.74) is 2.62. The Morgan fingerprint density at radius 3 is 2.91 bits per heavy atom. The standard InChI is InChI=1S/C23H18N6O2S/c1-15-10-16(5-6-20(15)31-17-7-8-29-21(11-17)24-14-27-29)28-22-19-12-18(4-3-9-30-2)32-23(19)26-13-25-22/h5-8,10-14H,9H2,1-2H3,(H,25,26,28). The van der Waals surface area contributed by atoms with Gasteiger partial charge in [0.05, 0.1) is 10.3 Å². The molecule has 0 atom stereocenters. The Hall–Kier alpha value is -4.00. The number of nitrogens with one attached hydrogen (secondary N) is 1. The van der Waals surface area contributed by atoms with Gasteiger partial charge in [0.1, 0.15) is 41.4 Å². The Labute approximate surface area is 187 Å². The monoisotopic (exact) mass is 442 g/mol. The maximum Gasteiger partial charge on any atom is 0.158 e. The first-order chi connectivity index (χ1) is 15.7. The Balaban J connectivity index is 1.37. The van der Waals surface area contributed by atoms with Crippen LogP contribution in [0.4, 0.5) is 11.5 Å². The summed E-state index contributed by atoms with van der Waals surface area (Å²) in [6, 6.07) is 11.6. The lowest BCUT2D eigenvalue weighted by Crippen LogP contribution is -1.96. The van der Waals surface area contributed by atoms with Gasteiger partial charge in [0.2, 0.25) is 0 Å². The highest BCUT2D eigenvalue weighted by molar-refractivity contribution is 7.19. The van der Waals surface area contributed by atoms with Crippen LogP contribution in [0.25, 0.3) is 15.9 Å². The topological polar surface area (TPSA) is 86.5 Å². The van der Waals surface area contributed by atoms with Gasteiger partial charge in [0, 0.05) is 25.1 Å². The lowest BCUT2D eigenvalue weighted by Gasteiger charge is -2.12. The molecule has 1 aromatic carbocycles. The van der Waals surface area contributed by atoms with E-state index >= 15 is 0 Å². The summed E-state index contributed by atoms with van der Waals surface area (Å²) in [4.78, 5) is 14.8. The first-order valence-corrected chi connectivity index (χ1v) is 10.6.